The fraction of sp³-hybridized carbons (Fsp3) is 0.625. The largest absolute Gasteiger partial charge is 0.370 e. The smallest absolute Gasteiger partial charge is 0.253 e. The fourth-order valence-corrected chi connectivity index (χ4v) is 2.23. The molecule has 0 aliphatic heterocycles. The van der Waals surface area contributed by atoms with Gasteiger partial charge in [-0.25, -0.2) is 4.98 Å². The van der Waals surface area contributed by atoms with Gasteiger partial charge >= 0.3 is 0 Å². The molecule has 0 bridgehead atoms. The Morgan fingerprint density at radius 1 is 1.33 bits per heavy atom. The molecule has 1 heterocycles. The quantitative estimate of drug-likeness (QED) is 0.670. The molecule has 118 valence electrons. The number of hydrogen-bond acceptors (Lipinski definition) is 3. The monoisotopic (exact) mass is 311 g/mol. The van der Waals surface area contributed by atoms with Crippen molar-refractivity contribution in [1.29, 1.82) is 0 Å². The highest BCUT2D eigenvalue weighted by molar-refractivity contribution is 6.33. The summed E-state index contributed by atoms with van der Waals surface area (Å²) in [5.74, 6) is 0.552. The number of hydrogen-bond donors (Lipinski definition) is 2. The lowest BCUT2D eigenvalue weighted by molar-refractivity contribution is 0.0938. The molecule has 1 unspecified atom stereocenters. The molecule has 0 saturated heterocycles. The summed E-state index contributed by atoms with van der Waals surface area (Å²) in [6, 6.07) is 1.87. The maximum atomic E-state index is 12.3. The van der Waals surface area contributed by atoms with Gasteiger partial charge in [0.05, 0.1) is 10.6 Å². The van der Waals surface area contributed by atoms with Crippen LogP contribution in [0.4, 0.5) is 5.82 Å². The van der Waals surface area contributed by atoms with Crippen LogP contribution in [-0.4, -0.2) is 23.5 Å². The molecule has 1 amide bonds. The number of aromatic nitrogens is 1. The molecule has 1 aromatic rings. The molecule has 0 aromatic carbocycles. The molecule has 0 saturated carbocycles. The number of rotatable bonds is 9. The van der Waals surface area contributed by atoms with Crippen LogP contribution in [0.1, 0.15) is 63.2 Å². The minimum Gasteiger partial charge on any atom is -0.370 e. The van der Waals surface area contributed by atoms with E-state index in [4.69, 9.17) is 11.6 Å². The molecular formula is C16H26ClN3O. The van der Waals surface area contributed by atoms with Crippen LogP contribution in [0.2, 0.25) is 5.02 Å². The summed E-state index contributed by atoms with van der Waals surface area (Å²) in [6.07, 6.45) is 7.02. The molecule has 4 nitrogen and oxygen atoms in total. The lowest BCUT2D eigenvalue weighted by Gasteiger charge is -2.15. The van der Waals surface area contributed by atoms with Crippen molar-refractivity contribution < 1.29 is 4.79 Å². The van der Waals surface area contributed by atoms with Crippen molar-refractivity contribution in [2.24, 2.45) is 0 Å². The van der Waals surface area contributed by atoms with Crippen molar-refractivity contribution in [1.82, 2.24) is 10.3 Å². The number of carbonyl (C=O) groups excluding carboxylic acids is 1. The summed E-state index contributed by atoms with van der Waals surface area (Å²) in [5, 5.41) is 6.55. The van der Waals surface area contributed by atoms with Crippen LogP contribution in [0.25, 0.3) is 0 Å². The lowest BCUT2D eigenvalue weighted by atomic mass is 10.1. The number of nitrogens with one attached hydrogen (secondary N) is 2. The average molecular weight is 312 g/mol. The molecule has 5 heteroatoms. The first-order valence-corrected chi connectivity index (χ1v) is 8.16. The molecule has 0 fully saturated rings. The standard InChI is InChI=1S/C16H26ClN3O/c1-4-6-7-8-12(3)20-16(21)13-10-15(18-9-5-2)19-11-14(13)17/h10-12H,4-9H2,1-3H3,(H,18,19)(H,20,21). The SMILES string of the molecule is CCCCCC(C)NC(=O)c1cc(NCCC)ncc1Cl. The number of pyridine rings is 1. The number of unbranched alkanes of at least 4 members (excludes halogenated alkanes) is 2. The van der Waals surface area contributed by atoms with Gasteiger partial charge in [-0.05, 0) is 25.8 Å². The Bertz CT molecular complexity index is 451. The van der Waals surface area contributed by atoms with Gasteiger partial charge in [0.1, 0.15) is 5.82 Å². The van der Waals surface area contributed by atoms with Gasteiger partial charge in [-0.1, -0.05) is 44.7 Å². The Morgan fingerprint density at radius 3 is 2.76 bits per heavy atom. The third-order valence-corrected chi connectivity index (χ3v) is 3.58. The summed E-state index contributed by atoms with van der Waals surface area (Å²) in [5.41, 5.74) is 0.479. The van der Waals surface area contributed by atoms with E-state index in [0.717, 1.165) is 25.8 Å². The molecule has 2 N–H and O–H groups in total. The van der Waals surface area contributed by atoms with Crippen LogP contribution in [0.15, 0.2) is 12.3 Å². The van der Waals surface area contributed by atoms with E-state index >= 15 is 0 Å². The second kappa shape index (κ2) is 9.61. The van der Waals surface area contributed by atoms with Gasteiger partial charge in [-0.2, -0.15) is 0 Å². The van der Waals surface area contributed by atoms with Crippen LogP contribution in [-0.2, 0) is 0 Å². The first kappa shape index (κ1) is 17.8. The number of carbonyl (C=O) groups is 1. The minimum atomic E-state index is -0.133. The van der Waals surface area contributed by atoms with Crippen LogP contribution in [0, 0.1) is 0 Å². The highest BCUT2D eigenvalue weighted by Gasteiger charge is 2.14. The normalized spacial score (nSPS) is 12.0. The fourth-order valence-electron chi connectivity index (χ4n) is 2.04. The van der Waals surface area contributed by atoms with Gasteiger partial charge in [0, 0.05) is 18.8 Å². The Balaban J connectivity index is 2.63. The van der Waals surface area contributed by atoms with Crippen molar-refractivity contribution in [3.05, 3.63) is 22.8 Å². The molecule has 0 radical (unpaired) electrons. The Kier molecular flexibility index (Phi) is 8.13. The number of nitrogens with zero attached hydrogens (tertiary/aromatic N) is 1. The summed E-state index contributed by atoms with van der Waals surface area (Å²) < 4.78 is 0. The summed E-state index contributed by atoms with van der Waals surface area (Å²) in [4.78, 5) is 16.5. The number of halogens is 1. The van der Waals surface area contributed by atoms with E-state index < -0.39 is 0 Å². The second-order valence-electron chi connectivity index (χ2n) is 5.35. The maximum Gasteiger partial charge on any atom is 0.253 e. The van der Waals surface area contributed by atoms with E-state index in [9.17, 15) is 4.79 Å². The summed E-state index contributed by atoms with van der Waals surface area (Å²) >= 11 is 6.08. The highest BCUT2D eigenvalue weighted by atomic mass is 35.5. The van der Waals surface area contributed by atoms with Crippen LogP contribution in [0.3, 0.4) is 0 Å². The topological polar surface area (TPSA) is 54.0 Å². The van der Waals surface area contributed by atoms with Crippen molar-refractivity contribution in [3.63, 3.8) is 0 Å². The first-order chi connectivity index (χ1) is 10.1. The molecular weight excluding hydrogens is 286 g/mol. The van der Waals surface area contributed by atoms with E-state index in [1.807, 2.05) is 6.92 Å². The van der Waals surface area contributed by atoms with Crippen LogP contribution in [0.5, 0.6) is 0 Å². The maximum absolute atomic E-state index is 12.3. The Morgan fingerprint density at radius 2 is 2.10 bits per heavy atom. The van der Waals surface area contributed by atoms with Crippen molar-refractivity contribution in [3.8, 4) is 0 Å². The molecule has 0 aliphatic rings. The number of anilines is 1. The van der Waals surface area contributed by atoms with Gasteiger partial charge in [-0.15, -0.1) is 0 Å². The van der Waals surface area contributed by atoms with E-state index in [-0.39, 0.29) is 11.9 Å². The predicted molar refractivity (Wildman–Crippen MR) is 89.1 cm³/mol. The number of amides is 1. The first-order valence-electron chi connectivity index (χ1n) is 7.78. The zero-order valence-electron chi connectivity index (χ0n) is 13.2. The summed E-state index contributed by atoms with van der Waals surface area (Å²) in [7, 11) is 0. The van der Waals surface area contributed by atoms with Crippen molar-refractivity contribution in [2.75, 3.05) is 11.9 Å². The van der Waals surface area contributed by atoms with Crippen molar-refractivity contribution in [2.45, 2.75) is 58.9 Å². The molecule has 1 rings (SSSR count). The van der Waals surface area contributed by atoms with Gasteiger partial charge in [0.25, 0.3) is 5.91 Å². The zero-order valence-corrected chi connectivity index (χ0v) is 14.0. The zero-order chi connectivity index (χ0) is 15.7. The molecule has 0 aliphatic carbocycles. The van der Waals surface area contributed by atoms with E-state index in [1.165, 1.54) is 19.0 Å². The Labute approximate surface area is 132 Å². The van der Waals surface area contributed by atoms with Gasteiger partial charge in [-0.3, -0.25) is 4.79 Å². The van der Waals surface area contributed by atoms with Gasteiger partial charge in [0.2, 0.25) is 0 Å². The van der Waals surface area contributed by atoms with Gasteiger partial charge in [0.15, 0.2) is 0 Å². The summed E-state index contributed by atoms with van der Waals surface area (Å²) in [6.45, 7) is 7.10. The minimum absolute atomic E-state index is 0.133. The Hall–Kier alpha value is -1.29. The molecule has 21 heavy (non-hydrogen) atoms. The van der Waals surface area contributed by atoms with Crippen LogP contribution < -0.4 is 10.6 Å². The third-order valence-electron chi connectivity index (χ3n) is 3.27. The highest BCUT2D eigenvalue weighted by Crippen LogP contribution is 2.18. The van der Waals surface area contributed by atoms with Crippen LogP contribution >= 0.6 is 11.6 Å². The molecule has 1 aromatic heterocycles. The van der Waals surface area contributed by atoms with E-state index in [0.29, 0.717) is 16.4 Å². The predicted octanol–water partition coefficient (Wildman–Crippen LogP) is 4.26. The molecule has 1 atom stereocenters. The second-order valence-corrected chi connectivity index (χ2v) is 5.75. The van der Waals surface area contributed by atoms with E-state index in [2.05, 4.69) is 29.5 Å². The third kappa shape index (κ3) is 6.34. The average Bonchev–Trinajstić information content (AvgIpc) is 2.46. The van der Waals surface area contributed by atoms with Crippen molar-refractivity contribution >= 4 is 23.3 Å². The van der Waals surface area contributed by atoms with Gasteiger partial charge < -0.3 is 10.6 Å². The molecule has 0 spiro atoms. The lowest BCUT2D eigenvalue weighted by Crippen LogP contribution is -2.32. The van der Waals surface area contributed by atoms with E-state index in [1.54, 1.807) is 6.07 Å².